The van der Waals surface area contributed by atoms with E-state index in [1.807, 2.05) is 0 Å². The molecule has 1 amide bonds. The molecule has 0 aliphatic rings. The molecular weight excluding hydrogens is 340 g/mol. The number of carboxylic acid groups (broad SMARTS) is 1. The Labute approximate surface area is 128 Å². The van der Waals surface area contributed by atoms with Crippen molar-refractivity contribution in [3.63, 3.8) is 0 Å². The van der Waals surface area contributed by atoms with E-state index >= 15 is 0 Å². The van der Waals surface area contributed by atoms with Gasteiger partial charge < -0.3 is 21.9 Å². The van der Waals surface area contributed by atoms with Crippen LogP contribution in [0.25, 0.3) is 10.8 Å². The summed E-state index contributed by atoms with van der Waals surface area (Å²) in [5.74, 6) is -1.56. The molecule has 2 aromatic rings. The van der Waals surface area contributed by atoms with Gasteiger partial charge in [0.1, 0.15) is 11.9 Å². The Bertz CT molecular complexity index is 720. The summed E-state index contributed by atoms with van der Waals surface area (Å²) in [6.45, 7) is 0. The standard InChI is InChI=1S/C13H13BrN4O3/c14-8-2-1-7-6(11(8)16)3-4-17-12(7)18-9(13(20)21)5-10(15)19/h1-4,9H,5,16H2,(H2,15,19)(H,17,18)(H,20,21). The number of nitrogens with zero attached hydrogens (tertiary/aromatic N) is 1. The van der Waals surface area contributed by atoms with E-state index in [0.29, 0.717) is 16.9 Å². The van der Waals surface area contributed by atoms with Gasteiger partial charge in [-0.3, -0.25) is 4.79 Å². The molecule has 1 aromatic carbocycles. The highest BCUT2D eigenvalue weighted by Gasteiger charge is 2.21. The van der Waals surface area contributed by atoms with Gasteiger partial charge in [0.25, 0.3) is 0 Å². The van der Waals surface area contributed by atoms with Crippen molar-refractivity contribution in [1.29, 1.82) is 0 Å². The van der Waals surface area contributed by atoms with Crippen molar-refractivity contribution in [1.82, 2.24) is 4.98 Å². The van der Waals surface area contributed by atoms with Crippen LogP contribution < -0.4 is 16.8 Å². The Hall–Kier alpha value is -2.35. The molecule has 8 heteroatoms. The van der Waals surface area contributed by atoms with Crippen LogP contribution >= 0.6 is 15.9 Å². The molecule has 0 fully saturated rings. The van der Waals surface area contributed by atoms with Crippen LogP contribution in [0.4, 0.5) is 11.5 Å². The lowest BCUT2D eigenvalue weighted by Gasteiger charge is -2.15. The Morgan fingerprint density at radius 3 is 2.67 bits per heavy atom. The average molecular weight is 353 g/mol. The number of hydrogen-bond donors (Lipinski definition) is 4. The van der Waals surface area contributed by atoms with Crippen LogP contribution in [-0.4, -0.2) is 28.0 Å². The second-order valence-electron chi connectivity index (χ2n) is 4.42. The maximum atomic E-state index is 11.2. The van der Waals surface area contributed by atoms with E-state index in [0.717, 1.165) is 9.86 Å². The zero-order valence-electron chi connectivity index (χ0n) is 10.8. The third kappa shape index (κ3) is 3.22. The number of benzene rings is 1. The topological polar surface area (TPSA) is 131 Å². The zero-order valence-corrected chi connectivity index (χ0v) is 12.4. The Kier molecular flexibility index (Phi) is 4.27. The second-order valence-corrected chi connectivity index (χ2v) is 5.28. The largest absolute Gasteiger partial charge is 0.480 e. The highest BCUT2D eigenvalue weighted by Crippen LogP contribution is 2.31. The maximum Gasteiger partial charge on any atom is 0.326 e. The van der Waals surface area contributed by atoms with Gasteiger partial charge >= 0.3 is 5.97 Å². The molecule has 2 rings (SSSR count). The molecule has 7 nitrogen and oxygen atoms in total. The average Bonchev–Trinajstić information content (AvgIpc) is 2.42. The van der Waals surface area contributed by atoms with Crippen molar-refractivity contribution in [3.8, 4) is 0 Å². The van der Waals surface area contributed by atoms with Crippen molar-refractivity contribution in [2.24, 2.45) is 5.73 Å². The quantitative estimate of drug-likeness (QED) is 0.600. The third-order valence-corrected chi connectivity index (χ3v) is 3.64. The first-order valence-electron chi connectivity index (χ1n) is 6.00. The number of rotatable bonds is 5. The van der Waals surface area contributed by atoms with Crippen molar-refractivity contribution < 1.29 is 14.7 Å². The first-order valence-corrected chi connectivity index (χ1v) is 6.79. The van der Waals surface area contributed by atoms with Gasteiger partial charge in [-0.2, -0.15) is 0 Å². The lowest BCUT2D eigenvalue weighted by molar-refractivity contribution is -0.139. The van der Waals surface area contributed by atoms with Crippen LogP contribution in [0.1, 0.15) is 6.42 Å². The minimum absolute atomic E-state index is 0.334. The summed E-state index contributed by atoms with van der Waals surface area (Å²) in [4.78, 5) is 26.2. The molecule has 0 spiro atoms. The zero-order chi connectivity index (χ0) is 15.6. The molecule has 1 aromatic heterocycles. The molecule has 21 heavy (non-hydrogen) atoms. The number of halogens is 1. The summed E-state index contributed by atoms with van der Waals surface area (Å²) >= 11 is 3.33. The van der Waals surface area contributed by atoms with E-state index in [-0.39, 0.29) is 6.42 Å². The van der Waals surface area contributed by atoms with Gasteiger partial charge in [0.2, 0.25) is 5.91 Å². The molecular formula is C13H13BrN4O3. The molecule has 1 unspecified atom stereocenters. The number of nitrogen functional groups attached to an aromatic ring is 1. The van der Waals surface area contributed by atoms with Crippen LogP contribution in [-0.2, 0) is 9.59 Å². The van der Waals surface area contributed by atoms with Crippen LogP contribution in [0.2, 0.25) is 0 Å². The number of nitrogens with one attached hydrogen (secondary N) is 1. The predicted molar refractivity (Wildman–Crippen MR) is 82.7 cm³/mol. The number of aromatic nitrogens is 1. The molecule has 0 aliphatic heterocycles. The summed E-state index contributed by atoms with van der Waals surface area (Å²) in [5.41, 5.74) is 11.5. The van der Waals surface area contributed by atoms with Crippen LogP contribution in [0, 0.1) is 0 Å². The van der Waals surface area contributed by atoms with Crippen molar-refractivity contribution in [3.05, 3.63) is 28.9 Å². The van der Waals surface area contributed by atoms with Gasteiger partial charge in [0.15, 0.2) is 0 Å². The summed E-state index contributed by atoms with van der Waals surface area (Å²) < 4.78 is 0.735. The van der Waals surface area contributed by atoms with Gasteiger partial charge in [-0.05, 0) is 34.1 Å². The maximum absolute atomic E-state index is 11.2. The highest BCUT2D eigenvalue weighted by molar-refractivity contribution is 9.10. The monoisotopic (exact) mass is 352 g/mol. The number of aliphatic carboxylic acids is 1. The highest BCUT2D eigenvalue weighted by atomic mass is 79.9. The summed E-state index contributed by atoms with van der Waals surface area (Å²) in [6, 6.07) is 4.08. The first kappa shape index (κ1) is 15.0. The lowest BCUT2D eigenvalue weighted by Crippen LogP contribution is -2.34. The molecule has 0 bridgehead atoms. The number of nitrogens with two attached hydrogens (primary N) is 2. The molecule has 110 valence electrons. The summed E-state index contributed by atoms with van der Waals surface area (Å²) in [5, 5.41) is 13.2. The van der Waals surface area contributed by atoms with Crippen LogP contribution in [0.5, 0.6) is 0 Å². The fourth-order valence-electron chi connectivity index (χ4n) is 1.93. The number of carboxylic acids is 1. The minimum atomic E-state index is -1.18. The molecule has 1 atom stereocenters. The number of fused-ring (bicyclic) bond motifs is 1. The molecule has 0 radical (unpaired) electrons. The fraction of sp³-hybridized carbons (Fsp3) is 0.154. The van der Waals surface area contributed by atoms with Crippen molar-refractivity contribution in [2.45, 2.75) is 12.5 Å². The Morgan fingerprint density at radius 1 is 1.33 bits per heavy atom. The van der Waals surface area contributed by atoms with Crippen molar-refractivity contribution in [2.75, 3.05) is 11.1 Å². The third-order valence-electron chi connectivity index (χ3n) is 2.95. The number of primary amides is 1. The Balaban J connectivity index is 2.44. The second kappa shape index (κ2) is 5.96. The smallest absolute Gasteiger partial charge is 0.326 e. The predicted octanol–water partition coefficient (Wildman–Crippen LogP) is 1.32. The Morgan fingerprint density at radius 2 is 2.05 bits per heavy atom. The number of hydrogen-bond acceptors (Lipinski definition) is 5. The number of amides is 1. The van der Waals surface area contributed by atoms with Gasteiger partial charge in [-0.25, -0.2) is 9.78 Å². The van der Waals surface area contributed by atoms with E-state index in [2.05, 4.69) is 26.2 Å². The van der Waals surface area contributed by atoms with E-state index in [1.165, 1.54) is 6.20 Å². The van der Waals surface area contributed by atoms with Gasteiger partial charge in [0.05, 0.1) is 12.1 Å². The number of pyridine rings is 1. The van der Waals surface area contributed by atoms with Crippen LogP contribution in [0.15, 0.2) is 28.9 Å². The summed E-state index contributed by atoms with van der Waals surface area (Å²) in [6.07, 6.45) is 1.18. The van der Waals surface area contributed by atoms with Crippen molar-refractivity contribution >= 4 is 50.1 Å². The van der Waals surface area contributed by atoms with Crippen LogP contribution in [0.3, 0.4) is 0 Å². The SMILES string of the molecule is NC(=O)CC(Nc1nccc2c(N)c(Br)ccc12)C(=O)O. The fourth-order valence-corrected chi connectivity index (χ4v) is 2.28. The van der Waals surface area contributed by atoms with Gasteiger partial charge in [0, 0.05) is 21.4 Å². The summed E-state index contributed by atoms with van der Waals surface area (Å²) in [7, 11) is 0. The van der Waals surface area contributed by atoms with Gasteiger partial charge in [-0.1, -0.05) is 0 Å². The minimum Gasteiger partial charge on any atom is -0.480 e. The normalized spacial score (nSPS) is 12.0. The number of carbonyl (C=O) groups is 2. The van der Waals surface area contributed by atoms with E-state index < -0.39 is 17.9 Å². The molecule has 0 aliphatic carbocycles. The number of carbonyl (C=O) groups excluding carboxylic acids is 1. The van der Waals surface area contributed by atoms with E-state index in [4.69, 9.17) is 16.6 Å². The molecule has 1 heterocycles. The number of anilines is 2. The van der Waals surface area contributed by atoms with Gasteiger partial charge in [-0.15, -0.1) is 0 Å². The van der Waals surface area contributed by atoms with E-state index in [9.17, 15) is 9.59 Å². The van der Waals surface area contributed by atoms with E-state index in [1.54, 1.807) is 18.2 Å². The molecule has 6 N–H and O–H groups in total. The lowest BCUT2D eigenvalue weighted by atomic mass is 10.1. The molecule has 0 saturated heterocycles. The molecule has 0 saturated carbocycles. The first-order chi connectivity index (χ1) is 9.90.